The summed E-state index contributed by atoms with van der Waals surface area (Å²) >= 11 is 0. The van der Waals surface area contributed by atoms with Crippen molar-refractivity contribution in [2.45, 2.75) is 18.9 Å². The molecule has 1 atom stereocenters. The fourth-order valence-corrected chi connectivity index (χ4v) is 3.30. The van der Waals surface area contributed by atoms with Gasteiger partial charge in [0.1, 0.15) is 5.82 Å². The second-order valence-electron chi connectivity index (χ2n) is 6.28. The minimum atomic E-state index is -0.0772. The van der Waals surface area contributed by atoms with Crippen LogP contribution in [0, 0.1) is 0 Å². The highest BCUT2D eigenvalue weighted by Crippen LogP contribution is 2.23. The number of nitrogens with one attached hydrogen (secondary N) is 1. The Morgan fingerprint density at radius 3 is 3.00 bits per heavy atom. The molecule has 2 saturated heterocycles. The van der Waals surface area contributed by atoms with E-state index in [1.165, 1.54) is 0 Å². The van der Waals surface area contributed by atoms with Crippen molar-refractivity contribution in [3.05, 3.63) is 23.9 Å². The van der Waals surface area contributed by atoms with E-state index in [-0.39, 0.29) is 18.6 Å². The number of anilines is 1. The summed E-state index contributed by atoms with van der Waals surface area (Å²) in [5.74, 6) is 0.694. The zero-order chi connectivity index (χ0) is 16.8. The van der Waals surface area contributed by atoms with E-state index < -0.39 is 0 Å². The van der Waals surface area contributed by atoms with Crippen LogP contribution in [0.3, 0.4) is 0 Å². The van der Waals surface area contributed by atoms with Crippen molar-refractivity contribution < 1.29 is 14.6 Å². The number of hydrogen-bond donors (Lipinski definition) is 2. The van der Waals surface area contributed by atoms with E-state index in [0.717, 1.165) is 58.1 Å². The Kier molecular flexibility index (Phi) is 6.01. The van der Waals surface area contributed by atoms with Crippen LogP contribution in [0.4, 0.5) is 5.82 Å². The number of amides is 1. The minimum absolute atomic E-state index is 0.0772. The van der Waals surface area contributed by atoms with Crippen LogP contribution in [0.5, 0.6) is 0 Å². The molecule has 0 spiro atoms. The first-order valence-corrected chi connectivity index (χ1v) is 8.70. The number of nitrogens with zero attached hydrogens (tertiary/aromatic N) is 3. The van der Waals surface area contributed by atoms with Crippen molar-refractivity contribution in [1.82, 2.24) is 15.2 Å². The maximum Gasteiger partial charge on any atom is 0.251 e. The molecule has 1 unspecified atom stereocenters. The summed E-state index contributed by atoms with van der Waals surface area (Å²) in [6, 6.07) is 3.66. The van der Waals surface area contributed by atoms with E-state index in [1.807, 2.05) is 6.07 Å². The van der Waals surface area contributed by atoms with Gasteiger partial charge in [-0.3, -0.25) is 9.69 Å². The molecule has 1 aromatic rings. The molecular formula is C17H26N4O3. The van der Waals surface area contributed by atoms with E-state index in [1.54, 1.807) is 12.3 Å². The summed E-state index contributed by atoms with van der Waals surface area (Å²) in [7, 11) is 0. The van der Waals surface area contributed by atoms with Gasteiger partial charge in [0.2, 0.25) is 0 Å². The van der Waals surface area contributed by atoms with Gasteiger partial charge in [0.05, 0.1) is 25.9 Å². The minimum Gasteiger partial charge on any atom is -0.394 e. The van der Waals surface area contributed by atoms with Gasteiger partial charge < -0.3 is 20.1 Å². The molecule has 2 aliphatic heterocycles. The van der Waals surface area contributed by atoms with Crippen LogP contribution in [0.1, 0.15) is 23.2 Å². The highest BCUT2D eigenvalue weighted by molar-refractivity contribution is 5.94. The van der Waals surface area contributed by atoms with Crippen molar-refractivity contribution in [3.8, 4) is 0 Å². The Balaban J connectivity index is 1.54. The van der Waals surface area contributed by atoms with E-state index >= 15 is 0 Å². The molecule has 1 amide bonds. The van der Waals surface area contributed by atoms with Crippen molar-refractivity contribution in [1.29, 1.82) is 0 Å². The molecule has 0 radical (unpaired) electrons. The predicted molar refractivity (Wildman–Crippen MR) is 91.3 cm³/mol. The van der Waals surface area contributed by atoms with Crippen LogP contribution < -0.4 is 10.2 Å². The summed E-state index contributed by atoms with van der Waals surface area (Å²) in [6.07, 6.45) is 3.68. The van der Waals surface area contributed by atoms with Crippen LogP contribution in [0.25, 0.3) is 0 Å². The SMILES string of the molecule is O=C(NCCN1CCOCC1)c1ccnc(N2CCCC2CO)c1. The zero-order valence-corrected chi connectivity index (χ0v) is 14.0. The Morgan fingerprint density at radius 1 is 1.38 bits per heavy atom. The predicted octanol–water partition coefficient (Wildman–Crippen LogP) is 0.105. The van der Waals surface area contributed by atoms with E-state index in [0.29, 0.717) is 12.1 Å². The van der Waals surface area contributed by atoms with Crippen LogP contribution in [0.15, 0.2) is 18.3 Å². The number of ether oxygens (including phenoxy) is 1. The van der Waals surface area contributed by atoms with Crippen molar-refractivity contribution in [2.75, 3.05) is 57.4 Å². The number of carbonyl (C=O) groups is 1. The molecule has 2 fully saturated rings. The lowest BCUT2D eigenvalue weighted by molar-refractivity contribution is 0.0383. The third kappa shape index (κ3) is 4.23. The van der Waals surface area contributed by atoms with Gasteiger partial charge in [0, 0.05) is 44.5 Å². The number of aliphatic hydroxyl groups is 1. The van der Waals surface area contributed by atoms with E-state index in [4.69, 9.17) is 4.74 Å². The molecule has 0 saturated carbocycles. The number of morpholine rings is 1. The van der Waals surface area contributed by atoms with Crippen LogP contribution in [-0.2, 0) is 4.74 Å². The third-order valence-corrected chi connectivity index (χ3v) is 4.71. The Labute approximate surface area is 142 Å². The summed E-state index contributed by atoms with van der Waals surface area (Å²) in [5.41, 5.74) is 0.616. The Morgan fingerprint density at radius 2 is 2.21 bits per heavy atom. The summed E-state index contributed by atoms with van der Waals surface area (Å²) in [5, 5.41) is 12.4. The van der Waals surface area contributed by atoms with Gasteiger partial charge in [-0.1, -0.05) is 0 Å². The highest BCUT2D eigenvalue weighted by Gasteiger charge is 2.25. The normalized spacial score (nSPS) is 21.9. The van der Waals surface area contributed by atoms with Gasteiger partial charge in [-0.25, -0.2) is 4.98 Å². The first-order valence-electron chi connectivity index (χ1n) is 8.70. The quantitative estimate of drug-likeness (QED) is 0.769. The molecule has 7 heteroatoms. The van der Waals surface area contributed by atoms with Crippen LogP contribution >= 0.6 is 0 Å². The number of carbonyl (C=O) groups excluding carboxylic acids is 1. The van der Waals surface area contributed by atoms with E-state index in [2.05, 4.69) is 20.1 Å². The molecule has 7 nitrogen and oxygen atoms in total. The maximum atomic E-state index is 12.4. The third-order valence-electron chi connectivity index (χ3n) is 4.71. The summed E-state index contributed by atoms with van der Waals surface area (Å²) in [6.45, 7) is 5.84. The molecule has 2 aliphatic rings. The summed E-state index contributed by atoms with van der Waals surface area (Å²) < 4.78 is 5.32. The van der Waals surface area contributed by atoms with Gasteiger partial charge in [-0.2, -0.15) is 0 Å². The fraction of sp³-hybridized carbons (Fsp3) is 0.647. The van der Waals surface area contributed by atoms with Crippen molar-refractivity contribution >= 4 is 11.7 Å². The molecule has 1 aromatic heterocycles. The lowest BCUT2D eigenvalue weighted by Gasteiger charge is -2.26. The lowest BCUT2D eigenvalue weighted by atomic mass is 10.2. The molecule has 24 heavy (non-hydrogen) atoms. The van der Waals surface area contributed by atoms with Crippen LogP contribution in [0.2, 0.25) is 0 Å². The Bertz CT molecular complexity index is 548. The second-order valence-corrected chi connectivity index (χ2v) is 6.28. The highest BCUT2D eigenvalue weighted by atomic mass is 16.5. The average Bonchev–Trinajstić information content (AvgIpc) is 3.11. The lowest BCUT2D eigenvalue weighted by Crippen LogP contribution is -2.41. The largest absolute Gasteiger partial charge is 0.394 e. The standard InChI is InChI=1S/C17H26N4O3/c22-13-15-2-1-6-21(15)16-12-14(3-4-18-16)17(23)19-5-7-20-8-10-24-11-9-20/h3-4,12,15,22H,1-2,5-11,13H2,(H,19,23). The van der Waals surface area contributed by atoms with Gasteiger partial charge in [-0.15, -0.1) is 0 Å². The number of aliphatic hydroxyl groups excluding tert-OH is 1. The molecule has 0 aliphatic carbocycles. The van der Waals surface area contributed by atoms with Crippen LogP contribution in [-0.4, -0.2) is 79.5 Å². The second kappa shape index (κ2) is 8.41. The number of rotatable bonds is 6. The first-order chi connectivity index (χ1) is 11.8. The smallest absolute Gasteiger partial charge is 0.251 e. The number of aromatic nitrogens is 1. The van der Waals surface area contributed by atoms with Crippen molar-refractivity contribution in [3.63, 3.8) is 0 Å². The molecular weight excluding hydrogens is 308 g/mol. The summed E-state index contributed by atoms with van der Waals surface area (Å²) in [4.78, 5) is 21.1. The zero-order valence-electron chi connectivity index (χ0n) is 14.0. The van der Waals surface area contributed by atoms with E-state index in [9.17, 15) is 9.90 Å². The Hall–Kier alpha value is -1.70. The topological polar surface area (TPSA) is 77.9 Å². The molecule has 3 heterocycles. The molecule has 0 bridgehead atoms. The van der Waals surface area contributed by atoms with Gasteiger partial charge >= 0.3 is 0 Å². The molecule has 132 valence electrons. The van der Waals surface area contributed by atoms with Gasteiger partial charge in [0.25, 0.3) is 5.91 Å². The number of pyridine rings is 1. The van der Waals surface area contributed by atoms with Gasteiger partial charge in [0.15, 0.2) is 0 Å². The first kappa shape index (κ1) is 17.1. The van der Waals surface area contributed by atoms with Crippen molar-refractivity contribution in [2.24, 2.45) is 0 Å². The van der Waals surface area contributed by atoms with Gasteiger partial charge in [-0.05, 0) is 25.0 Å². The fourth-order valence-electron chi connectivity index (χ4n) is 3.30. The number of hydrogen-bond acceptors (Lipinski definition) is 6. The maximum absolute atomic E-state index is 12.4. The monoisotopic (exact) mass is 334 g/mol. The molecule has 3 rings (SSSR count). The molecule has 2 N–H and O–H groups in total. The average molecular weight is 334 g/mol. The molecule has 0 aromatic carbocycles.